The van der Waals surface area contributed by atoms with Crippen molar-refractivity contribution in [1.29, 1.82) is 0 Å². The summed E-state index contributed by atoms with van der Waals surface area (Å²) in [5.74, 6) is -0.683. The van der Waals surface area contributed by atoms with E-state index in [0.717, 1.165) is 5.69 Å². The van der Waals surface area contributed by atoms with Crippen molar-refractivity contribution in [1.82, 2.24) is 4.98 Å². The maximum atomic E-state index is 12.8. The lowest BCUT2D eigenvalue weighted by molar-refractivity contribution is 0.0912. The first-order valence-corrected chi connectivity index (χ1v) is 6.94. The minimum absolute atomic E-state index is 0.113. The Morgan fingerprint density at radius 1 is 0.909 bits per heavy atom. The summed E-state index contributed by atoms with van der Waals surface area (Å²) in [6.45, 7) is 0. The average Bonchev–Trinajstić information content (AvgIpc) is 2.60. The summed E-state index contributed by atoms with van der Waals surface area (Å²) in [6, 6.07) is 12.3. The van der Waals surface area contributed by atoms with Gasteiger partial charge in [0.25, 0.3) is 0 Å². The lowest BCUT2D eigenvalue weighted by Gasteiger charge is -2.26. The van der Waals surface area contributed by atoms with Gasteiger partial charge in [-0.3, -0.25) is 14.6 Å². The molecule has 0 bridgehead atoms. The number of fused-ring (bicyclic) bond motifs is 1. The zero-order valence-electron chi connectivity index (χ0n) is 11.5. The third-order valence-corrected chi connectivity index (χ3v) is 3.89. The van der Waals surface area contributed by atoms with Crippen LogP contribution in [0.25, 0.3) is 0 Å². The predicted octanol–water partition coefficient (Wildman–Crippen LogP) is 3.04. The molecule has 2 heterocycles. The number of nitrogens with zero attached hydrogens (tertiary/aromatic N) is 1. The van der Waals surface area contributed by atoms with E-state index in [9.17, 15) is 9.59 Å². The summed E-state index contributed by atoms with van der Waals surface area (Å²) in [7, 11) is 0. The largest absolute Gasteiger partial charge is 0.461 e. The van der Waals surface area contributed by atoms with E-state index in [1.54, 1.807) is 36.5 Å². The number of aromatic nitrogens is 1. The van der Waals surface area contributed by atoms with Gasteiger partial charge in [0, 0.05) is 17.3 Å². The Balaban J connectivity index is 1.90. The first-order valence-electron chi connectivity index (χ1n) is 6.94. The SMILES string of the molecule is O=C1C2=C(C(=O)c3ccccc31)C(c1ccccn1)C=CO2. The second-order valence-electron chi connectivity index (χ2n) is 5.13. The van der Waals surface area contributed by atoms with E-state index < -0.39 is 0 Å². The van der Waals surface area contributed by atoms with Gasteiger partial charge in [-0.15, -0.1) is 0 Å². The minimum Gasteiger partial charge on any atom is -0.461 e. The quantitative estimate of drug-likeness (QED) is 0.809. The zero-order valence-corrected chi connectivity index (χ0v) is 11.5. The second-order valence-corrected chi connectivity index (χ2v) is 5.13. The molecule has 0 fully saturated rings. The standard InChI is InChI=1S/C18H11NO3/c20-16-11-5-1-2-6-12(11)17(21)18-15(16)13(8-10-22-18)14-7-3-4-9-19-14/h1-10,13H. The molecular formula is C18H11NO3. The molecule has 0 saturated heterocycles. The van der Waals surface area contributed by atoms with Crippen molar-refractivity contribution < 1.29 is 14.3 Å². The number of ketones is 2. The van der Waals surface area contributed by atoms with Crippen LogP contribution in [-0.2, 0) is 4.74 Å². The summed E-state index contributed by atoms with van der Waals surface area (Å²) in [4.78, 5) is 29.7. The highest BCUT2D eigenvalue weighted by molar-refractivity contribution is 6.26. The highest BCUT2D eigenvalue weighted by atomic mass is 16.5. The van der Waals surface area contributed by atoms with Gasteiger partial charge in [-0.1, -0.05) is 30.3 Å². The van der Waals surface area contributed by atoms with Gasteiger partial charge in [-0.05, 0) is 18.2 Å². The molecule has 0 saturated carbocycles. The fourth-order valence-corrected chi connectivity index (χ4v) is 2.86. The molecule has 0 spiro atoms. The van der Waals surface area contributed by atoms with Crippen LogP contribution in [0.1, 0.15) is 32.3 Å². The lowest BCUT2D eigenvalue weighted by atomic mass is 9.80. The van der Waals surface area contributed by atoms with Crippen LogP contribution in [-0.4, -0.2) is 16.6 Å². The predicted molar refractivity (Wildman–Crippen MR) is 79.3 cm³/mol. The van der Waals surface area contributed by atoms with Crippen LogP contribution in [0.3, 0.4) is 0 Å². The Kier molecular flexibility index (Phi) is 2.76. The number of carbonyl (C=O) groups is 2. The Labute approximate surface area is 126 Å². The van der Waals surface area contributed by atoms with Gasteiger partial charge in [0.2, 0.25) is 5.78 Å². The molecule has 1 aromatic carbocycles. The Morgan fingerprint density at radius 3 is 2.36 bits per heavy atom. The number of carbonyl (C=O) groups excluding carboxylic acids is 2. The highest BCUT2D eigenvalue weighted by Crippen LogP contribution is 2.38. The summed E-state index contributed by atoms with van der Waals surface area (Å²) in [6.07, 6.45) is 4.87. The molecule has 1 atom stereocenters. The van der Waals surface area contributed by atoms with Crippen molar-refractivity contribution in [3.63, 3.8) is 0 Å². The molecule has 1 aliphatic carbocycles. The van der Waals surface area contributed by atoms with Crippen molar-refractivity contribution in [3.8, 4) is 0 Å². The molecule has 1 aromatic heterocycles. The van der Waals surface area contributed by atoms with Crippen molar-refractivity contribution in [2.45, 2.75) is 5.92 Å². The Morgan fingerprint density at radius 2 is 1.64 bits per heavy atom. The third-order valence-electron chi connectivity index (χ3n) is 3.89. The Bertz CT molecular complexity index is 850. The van der Waals surface area contributed by atoms with Gasteiger partial charge in [0.1, 0.15) is 0 Å². The summed E-state index contributed by atoms with van der Waals surface area (Å²) in [5.41, 5.74) is 1.90. The van der Waals surface area contributed by atoms with Crippen molar-refractivity contribution in [2.24, 2.45) is 0 Å². The van der Waals surface area contributed by atoms with Crippen LogP contribution in [0.2, 0.25) is 0 Å². The van der Waals surface area contributed by atoms with Crippen LogP contribution in [0.15, 0.2) is 72.3 Å². The zero-order chi connectivity index (χ0) is 15.1. The number of ether oxygens (including phenoxy) is 1. The van der Waals surface area contributed by atoms with Gasteiger partial charge in [-0.25, -0.2) is 0 Å². The molecule has 4 nitrogen and oxygen atoms in total. The molecule has 2 aliphatic rings. The van der Waals surface area contributed by atoms with E-state index in [-0.39, 0.29) is 23.2 Å². The van der Waals surface area contributed by atoms with Crippen LogP contribution >= 0.6 is 0 Å². The second kappa shape index (κ2) is 4.77. The molecule has 22 heavy (non-hydrogen) atoms. The molecule has 4 rings (SSSR count). The van der Waals surface area contributed by atoms with E-state index in [2.05, 4.69) is 4.98 Å². The first-order chi connectivity index (χ1) is 10.8. The minimum atomic E-state index is -0.366. The van der Waals surface area contributed by atoms with E-state index in [1.165, 1.54) is 6.26 Å². The Hall–Kier alpha value is -3.01. The fraction of sp³-hybridized carbons (Fsp3) is 0.0556. The number of allylic oxidation sites excluding steroid dienone is 3. The fourth-order valence-electron chi connectivity index (χ4n) is 2.86. The van der Waals surface area contributed by atoms with Gasteiger partial charge < -0.3 is 4.74 Å². The number of hydrogen-bond donors (Lipinski definition) is 0. The monoisotopic (exact) mass is 289 g/mol. The lowest BCUT2D eigenvalue weighted by Crippen LogP contribution is -2.27. The van der Waals surface area contributed by atoms with E-state index >= 15 is 0 Å². The van der Waals surface area contributed by atoms with Crippen molar-refractivity contribution >= 4 is 11.6 Å². The maximum absolute atomic E-state index is 12.8. The summed E-state index contributed by atoms with van der Waals surface area (Å²) in [5, 5.41) is 0. The van der Waals surface area contributed by atoms with E-state index in [0.29, 0.717) is 16.7 Å². The summed E-state index contributed by atoms with van der Waals surface area (Å²) < 4.78 is 5.37. The van der Waals surface area contributed by atoms with Gasteiger partial charge >= 0.3 is 0 Å². The first kappa shape index (κ1) is 12.7. The number of pyridine rings is 1. The molecular weight excluding hydrogens is 278 g/mol. The maximum Gasteiger partial charge on any atom is 0.229 e. The molecule has 0 radical (unpaired) electrons. The number of rotatable bonds is 1. The van der Waals surface area contributed by atoms with Crippen molar-refractivity contribution in [2.75, 3.05) is 0 Å². The topological polar surface area (TPSA) is 56.3 Å². The highest BCUT2D eigenvalue weighted by Gasteiger charge is 2.38. The molecule has 2 aromatic rings. The van der Waals surface area contributed by atoms with E-state index in [4.69, 9.17) is 4.74 Å². The molecule has 106 valence electrons. The normalized spacial score (nSPS) is 19.5. The van der Waals surface area contributed by atoms with Crippen LogP contribution in [0, 0.1) is 0 Å². The van der Waals surface area contributed by atoms with Gasteiger partial charge in [-0.2, -0.15) is 0 Å². The summed E-state index contributed by atoms with van der Waals surface area (Å²) >= 11 is 0. The van der Waals surface area contributed by atoms with Crippen LogP contribution in [0.5, 0.6) is 0 Å². The van der Waals surface area contributed by atoms with Crippen molar-refractivity contribution in [3.05, 3.63) is 89.2 Å². The van der Waals surface area contributed by atoms with Crippen LogP contribution in [0.4, 0.5) is 0 Å². The van der Waals surface area contributed by atoms with Gasteiger partial charge in [0.05, 0.1) is 23.4 Å². The molecule has 0 amide bonds. The molecule has 1 unspecified atom stereocenters. The molecule has 0 N–H and O–H groups in total. The number of benzene rings is 1. The number of Topliss-reactive ketones (excluding diaryl/α,β-unsaturated/α-hetero) is 2. The van der Waals surface area contributed by atoms with Gasteiger partial charge in [0.15, 0.2) is 11.5 Å². The van der Waals surface area contributed by atoms with Crippen LogP contribution < -0.4 is 0 Å². The molecule has 1 aliphatic heterocycles. The smallest absolute Gasteiger partial charge is 0.229 e. The average molecular weight is 289 g/mol. The third kappa shape index (κ3) is 1.74. The van der Waals surface area contributed by atoms with E-state index in [1.807, 2.05) is 18.2 Å². The molecule has 4 heteroatoms. The number of hydrogen-bond acceptors (Lipinski definition) is 4.